The van der Waals surface area contributed by atoms with Crippen molar-refractivity contribution >= 4 is 21.7 Å². The van der Waals surface area contributed by atoms with E-state index in [0.717, 1.165) is 17.1 Å². The van der Waals surface area contributed by atoms with Crippen LogP contribution in [0.25, 0.3) is 5.69 Å². The number of sulfone groups is 1. The van der Waals surface area contributed by atoms with Crippen molar-refractivity contribution in [3.05, 3.63) is 53.3 Å². The minimum Gasteiger partial charge on any atom is -0.449 e. The highest BCUT2D eigenvalue weighted by atomic mass is 32.2. The van der Waals surface area contributed by atoms with Gasteiger partial charge in [0.1, 0.15) is 0 Å². The van der Waals surface area contributed by atoms with Gasteiger partial charge in [-0.15, -0.1) is 0 Å². The summed E-state index contributed by atoms with van der Waals surface area (Å²) in [7, 11) is -3.11. The Morgan fingerprint density at radius 2 is 1.90 bits per heavy atom. The van der Waals surface area contributed by atoms with Crippen LogP contribution in [0.5, 0.6) is 0 Å². The molecule has 30 heavy (non-hydrogen) atoms. The molecule has 1 amide bonds. The summed E-state index contributed by atoms with van der Waals surface area (Å²) in [5.74, 6) is -0.891. The maximum atomic E-state index is 12.9. The second-order valence-corrected chi connectivity index (χ2v) is 9.91. The maximum absolute atomic E-state index is 12.9. The molecule has 0 radical (unpaired) electrons. The van der Waals surface area contributed by atoms with Crippen molar-refractivity contribution in [1.82, 2.24) is 9.47 Å². The van der Waals surface area contributed by atoms with E-state index in [0.29, 0.717) is 18.5 Å². The minimum absolute atomic E-state index is 0.0362. The van der Waals surface area contributed by atoms with Crippen LogP contribution in [0.1, 0.15) is 42.0 Å². The summed E-state index contributed by atoms with van der Waals surface area (Å²) >= 11 is 0. The van der Waals surface area contributed by atoms with E-state index in [1.807, 2.05) is 48.7 Å². The van der Waals surface area contributed by atoms with Gasteiger partial charge in [-0.1, -0.05) is 18.2 Å². The Hall–Kier alpha value is -2.61. The first-order chi connectivity index (χ1) is 14.1. The fourth-order valence-corrected chi connectivity index (χ4v) is 5.80. The van der Waals surface area contributed by atoms with E-state index in [4.69, 9.17) is 4.74 Å². The molecule has 0 spiro atoms. The summed E-state index contributed by atoms with van der Waals surface area (Å²) in [6.07, 6.45) is -0.582. The van der Waals surface area contributed by atoms with Crippen LogP contribution in [-0.4, -0.2) is 60.0 Å². The molecule has 0 unspecified atom stereocenters. The van der Waals surface area contributed by atoms with Gasteiger partial charge in [0.2, 0.25) is 0 Å². The number of benzene rings is 1. The van der Waals surface area contributed by atoms with Gasteiger partial charge in [0.15, 0.2) is 15.9 Å². The van der Waals surface area contributed by atoms with Crippen molar-refractivity contribution in [1.29, 1.82) is 0 Å². The van der Waals surface area contributed by atoms with Crippen LogP contribution in [0.4, 0.5) is 0 Å². The van der Waals surface area contributed by atoms with Crippen LogP contribution >= 0.6 is 0 Å². The topological polar surface area (TPSA) is 85.7 Å². The van der Waals surface area contributed by atoms with Gasteiger partial charge < -0.3 is 14.2 Å². The normalized spacial score (nSPS) is 18.7. The molecule has 1 aliphatic rings. The SMILES string of the molecule is CCN(C(=O)[C@H](C)OC(=O)c1cc(C)n(-c2ccccc2)c1C)[C@H]1CCS(=O)(=O)C1. The number of ether oxygens (including phenoxy) is 1. The lowest BCUT2D eigenvalue weighted by Crippen LogP contribution is -2.46. The summed E-state index contributed by atoms with van der Waals surface area (Å²) in [6, 6.07) is 11.1. The number of hydrogen-bond acceptors (Lipinski definition) is 5. The summed E-state index contributed by atoms with van der Waals surface area (Å²) in [5, 5.41) is 0. The Kier molecular flexibility index (Phi) is 6.36. The predicted octanol–water partition coefficient (Wildman–Crippen LogP) is 2.68. The van der Waals surface area contributed by atoms with Crippen LogP contribution in [0.3, 0.4) is 0 Å². The zero-order chi connectivity index (χ0) is 22.1. The predicted molar refractivity (Wildman–Crippen MR) is 115 cm³/mol. The largest absolute Gasteiger partial charge is 0.449 e. The molecule has 162 valence electrons. The molecule has 7 nitrogen and oxygen atoms in total. The second-order valence-electron chi connectivity index (χ2n) is 7.68. The number of amides is 1. The van der Waals surface area contributed by atoms with E-state index in [-0.39, 0.29) is 23.5 Å². The van der Waals surface area contributed by atoms with Gasteiger partial charge in [-0.05, 0) is 52.3 Å². The molecule has 0 N–H and O–H groups in total. The standard InChI is InChI=1S/C22H28N2O5S/c1-5-23(19-11-12-30(27,28)14-19)21(25)17(4)29-22(26)20-13-15(2)24(16(20)3)18-9-7-6-8-10-18/h6-10,13,17,19H,5,11-12,14H2,1-4H3/t17-,19-/m0/s1. The van der Waals surface area contributed by atoms with Crippen molar-refractivity contribution in [2.24, 2.45) is 0 Å². The van der Waals surface area contributed by atoms with Crippen LogP contribution in [-0.2, 0) is 19.4 Å². The quantitative estimate of drug-likeness (QED) is 0.655. The first-order valence-electron chi connectivity index (χ1n) is 10.1. The van der Waals surface area contributed by atoms with Crippen LogP contribution in [0.2, 0.25) is 0 Å². The van der Waals surface area contributed by atoms with Crippen LogP contribution in [0, 0.1) is 13.8 Å². The van der Waals surface area contributed by atoms with Crippen LogP contribution < -0.4 is 0 Å². The minimum atomic E-state index is -3.11. The monoisotopic (exact) mass is 432 g/mol. The highest BCUT2D eigenvalue weighted by Crippen LogP contribution is 2.23. The zero-order valence-electron chi connectivity index (χ0n) is 17.8. The molecule has 3 rings (SSSR count). The van der Waals surface area contributed by atoms with Crippen molar-refractivity contribution in [2.45, 2.75) is 46.3 Å². The lowest BCUT2D eigenvalue weighted by atomic mass is 10.2. The first kappa shape index (κ1) is 22.1. The van der Waals surface area contributed by atoms with Gasteiger partial charge in [0.25, 0.3) is 5.91 Å². The van der Waals surface area contributed by atoms with Crippen molar-refractivity contribution in [2.75, 3.05) is 18.1 Å². The fraction of sp³-hybridized carbons (Fsp3) is 0.455. The van der Waals surface area contributed by atoms with E-state index in [1.54, 1.807) is 13.0 Å². The number of hydrogen-bond donors (Lipinski definition) is 0. The van der Waals surface area contributed by atoms with Gasteiger partial charge >= 0.3 is 5.97 Å². The molecule has 1 fully saturated rings. The molecule has 8 heteroatoms. The van der Waals surface area contributed by atoms with E-state index < -0.39 is 21.9 Å². The number of para-hydroxylation sites is 1. The van der Waals surface area contributed by atoms with E-state index >= 15 is 0 Å². The van der Waals surface area contributed by atoms with E-state index in [9.17, 15) is 18.0 Å². The number of nitrogens with zero attached hydrogens (tertiary/aromatic N) is 2. The van der Waals surface area contributed by atoms with Gasteiger partial charge in [0, 0.05) is 29.7 Å². The molecule has 0 bridgehead atoms. The molecule has 1 saturated heterocycles. The molecule has 0 saturated carbocycles. The number of aromatic nitrogens is 1. The Morgan fingerprint density at radius 3 is 2.47 bits per heavy atom. The summed E-state index contributed by atoms with van der Waals surface area (Å²) in [6.45, 7) is 7.44. The molecule has 2 aromatic rings. The molecule has 0 aliphatic carbocycles. The molecular formula is C22H28N2O5S. The van der Waals surface area contributed by atoms with Crippen molar-refractivity contribution in [3.8, 4) is 5.69 Å². The molecule has 2 heterocycles. The number of rotatable bonds is 6. The first-order valence-corrected chi connectivity index (χ1v) is 11.9. The fourth-order valence-electron chi connectivity index (χ4n) is 4.07. The molecule has 1 aromatic heterocycles. The third-order valence-electron chi connectivity index (χ3n) is 5.57. The summed E-state index contributed by atoms with van der Waals surface area (Å²) in [5.41, 5.74) is 2.96. The Morgan fingerprint density at radius 1 is 1.23 bits per heavy atom. The third kappa shape index (κ3) is 4.43. The second kappa shape index (κ2) is 8.63. The molecule has 1 aliphatic heterocycles. The number of likely N-dealkylation sites (N-methyl/N-ethyl adjacent to an activating group) is 1. The van der Waals surface area contributed by atoms with Gasteiger partial charge in [-0.2, -0.15) is 0 Å². The molecule has 2 atom stereocenters. The van der Waals surface area contributed by atoms with E-state index in [2.05, 4.69) is 0 Å². The highest BCUT2D eigenvalue weighted by Gasteiger charge is 2.36. The lowest BCUT2D eigenvalue weighted by Gasteiger charge is -2.29. The lowest BCUT2D eigenvalue weighted by molar-refractivity contribution is -0.141. The Balaban J connectivity index is 1.75. The summed E-state index contributed by atoms with van der Waals surface area (Å²) in [4.78, 5) is 27.2. The highest BCUT2D eigenvalue weighted by molar-refractivity contribution is 7.91. The summed E-state index contributed by atoms with van der Waals surface area (Å²) < 4.78 is 31.0. The maximum Gasteiger partial charge on any atom is 0.340 e. The van der Waals surface area contributed by atoms with Crippen molar-refractivity contribution in [3.63, 3.8) is 0 Å². The Bertz CT molecular complexity index is 1040. The average Bonchev–Trinajstić information content (AvgIpc) is 3.21. The average molecular weight is 433 g/mol. The molecule has 1 aromatic carbocycles. The van der Waals surface area contributed by atoms with Gasteiger partial charge in [-0.3, -0.25) is 4.79 Å². The van der Waals surface area contributed by atoms with Crippen molar-refractivity contribution < 1.29 is 22.7 Å². The molecular weight excluding hydrogens is 404 g/mol. The van der Waals surface area contributed by atoms with Gasteiger partial charge in [0.05, 0.1) is 17.1 Å². The number of carbonyl (C=O) groups excluding carboxylic acids is 2. The van der Waals surface area contributed by atoms with E-state index in [1.165, 1.54) is 11.8 Å². The van der Waals surface area contributed by atoms with Crippen LogP contribution in [0.15, 0.2) is 36.4 Å². The smallest absolute Gasteiger partial charge is 0.340 e. The number of aryl methyl sites for hydroxylation is 1. The number of esters is 1. The number of carbonyl (C=O) groups is 2. The Labute approximate surface area is 177 Å². The van der Waals surface area contributed by atoms with Gasteiger partial charge in [-0.25, -0.2) is 13.2 Å². The third-order valence-corrected chi connectivity index (χ3v) is 7.32. The zero-order valence-corrected chi connectivity index (χ0v) is 18.6.